The van der Waals surface area contributed by atoms with Crippen LogP contribution in [-0.2, 0) is 7.05 Å². The third kappa shape index (κ3) is 1.59. The summed E-state index contributed by atoms with van der Waals surface area (Å²) in [4.78, 5) is 8.74. The van der Waals surface area contributed by atoms with Gasteiger partial charge < -0.3 is 0 Å². The molecule has 0 aliphatic carbocycles. The molecule has 0 unspecified atom stereocenters. The molecular formula is C8H10N4S2. The number of aryl methyl sites for hydroxylation is 1. The molecule has 0 spiro atoms. The second kappa shape index (κ2) is 3.78. The predicted octanol–water partition coefficient (Wildman–Crippen LogP) is 1.81. The van der Waals surface area contributed by atoms with Gasteiger partial charge in [-0.1, -0.05) is 11.8 Å². The fourth-order valence-electron chi connectivity index (χ4n) is 1.22. The van der Waals surface area contributed by atoms with E-state index in [0.29, 0.717) is 0 Å². The highest BCUT2D eigenvalue weighted by atomic mass is 32.2. The van der Waals surface area contributed by atoms with E-state index in [4.69, 9.17) is 0 Å². The molecule has 0 bridgehead atoms. The zero-order chi connectivity index (χ0) is 10.1. The van der Waals surface area contributed by atoms with Gasteiger partial charge in [0.05, 0.1) is 5.39 Å². The predicted molar refractivity (Wildman–Crippen MR) is 59.9 cm³/mol. The maximum Gasteiger partial charge on any atom is 0.190 e. The number of aromatic nitrogens is 4. The van der Waals surface area contributed by atoms with Crippen molar-refractivity contribution in [3.05, 3.63) is 6.20 Å². The summed E-state index contributed by atoms with van der Waals surface area (Å²) in [5, 5.41) is 7.07. The monoisotopic (exact) mass is 226 g/mol. The third-order valence-corrected chi connectivity index (χ3v) is 3.06. The number of thioether (sulfide) groups is 2. The van der Waals surface area contributed by atoms with Crippen LogP contribution in [0.1, 0.15) is 0 Å². The summed E-state index contributed by atoms with van der Waals surface area (Å²) in [7, 11) is 1.89. The largest absolute Gasteiger partial charge is 0.273 e. The molecule has 0 saturated heterocycles. The lowest BCUT2D eigenvalue weighted by Gasteiger charge is -1.98. The summed E-state index contributed by atoms with van der Waals surface area (Å²) >= 11 is 3.16. The molecule has 0 aliphatic rings. The molecule has 2 aromatic heterocycles. The topological polar surface area (TPSA) is 43.6 Å². The number of rotatable bonds is 2. The summed E-state index contributed by atoms with van der Waals surface area (Å²) in [6, 6.07) is 0. The Morgan fingerprint density at radius 3 is 2.64 bits per heavy atom. The van der Waals surface area contributed by atoms with Crippen molar-refractivity contribution in [2.45, 2.75) is 10.2 Å². The highest BCUT2D eigenvalue weighted by molar-refractivity contribution is 7.99. The van der Waals surface area contributed by atoms with E-state index in [2.05, 4.69) is 15.1 Å². The van der Waals surface area contributed by atoms with Gasteiger partial charge in [0.15, 0.2) is 10.8 Å². The smallest absolute Gasteiger partial charge is 0.190 e. The van der Waals surface area contributed by atoms with E-state index in [1.165, 1.54) is 11.8 Å². The maximum absolute atomic E-state index is 4.41. The maximum atomic E-state index is 4.41. The van der Waals surface area contributed by atoms with Crippen molar-refractivity contribution in [3.8, 4) is 0 Å². The van der Waals surface area contributed by atoms with Gasteiger partial charge in [0.25, 0.3) is 0 Å². The van der Waals surface area contributed by atoms with Crippen LogP contribution in [0.4, 0.5) is 0 Å². The van der Waals surface area contributed by atoms with Crippen LogP contribution in [0, 0.1) is 0 Å². The first-order valence-corrected chi connectivity index (χ1v) is 6.49. The van der Waals surface area contributed by atoms with Gasteiger partial charge >= 0.3 is 0 Å². The summed E-state index contributed by atoms with van der Waals surface area (Å²) in [6.07, 6.45) is 5.93. The van der Waals surface area contributed by atoms with E-state index in [1.807, 2.05) is 25.8 Å². The molecular weight excluding hydrogens is 216 g/mol. The SMILES string of the molecule is CSc1nc(SC)c2cn(C)nc2n1. The zero-order valence-corrected chi connectivity index (χ0v) is 9.82. The van der Waals surface area contributed by atoms with Crippen molar-refractivity contribution in [2.75, 3.05) is 12.5 Å². The molecule has 0 atom stereocenters. The third-order valence-electron chi connectivity index (χ3n) is 1.81. The quantitative estimate of drug-likeness (QED) is 0.444. The lowest BCUT2D eigenvalue weighted by atomic mass is 10.4. The Balaban J connectivity index is 2.72. The summed E-state index contributed by atoms with van der Waals surface area (Å²) in [5.74, 6) is 0. The Labute approximate surface area is 90.5 Å². The van der Waals surface area contributed by atoms with Crippen LogP contribution in [-0.4, -0.2) is 32.3 Å². The van der Waals surface area contributed by atoms with Crippen molar-refractivity contribution in [1.82, 2.24) is 19.7 Å². The Bertz CT molecular complexity index is 466. The van der Waals surface area contributed by atoms with Crippen LogP contribution < -0.4 is 0 Å². The molecule has 2 heterocycles. The first-order valence-electron chi connectivity index (χ1n) is 4.04. The number of hydrogen-bond acceptors (Lipinski definition) is 5. The second-order valence-corrected chi connectivity index (χ2v) is 4.33. The van der Waals surface area contributed by atoms with Gasteiger partial charge in [-0.2, -0.15) is 5.10 Å². The Kier molecular flexibility index (Phi) is 2.64. The molecule has 14 heavy (non-hydrogen) atoms. The van der Waals surface area contributed by atoms with Gasteiger partial charge in [-0.3, -0.25) is 4.68 Å². The number of fused-ring (bicyclic) bond motifs is 1. The molecule has 0 amide bonds. The van der Waals surface area contributed by atoms with Crippen LogP contribution in [0.25, 0.3) is 11.0 Å². The lowest BCUT2D eigenvalue weighted by molar-refractivity contribution is 0.773. The minimum absolute atomic E-state index is 0.774. The molecule has 0 radical (unpaired) electrons. The van der Waals surface area contributed by atoms with Gasteiger partial charge in [0.1, 0.15) is 5.03 Å². The molecule has 0 aliphatic heterocycles. The first-order chi connectivity index (χ1) is 6.74. The average molecular weight is 226 g/mol. The minimum atomic E-state index is 0.774. The van der Waals surface area contributed by atoms with Crippen LogP contribution in [0.3, 0.4) is 0 Å². The van der Waals surface area contributed by atoms with Crippen LogP contribution in [0.2, 0.25) is 0 Å². The van der Waals surface area contributed by atoms with Crippen molar-refractivity contribution in [3.63, 3.8) is 0 Å². The van der Waals surface area contributed by atoms with Crippen LogP contribution >= 0.6 is 23.5 Å². The molecule has 6 heteroatoms. The van der Waals surface area contributed by atoms with E-state index in [9.17, 15) is 0 Å². The van der Waals surface area contributed by atoms with Crippen molar-refractivity contribution >= 4 is 34.6 Å². The Hall–Kier alpha value is -0.750. The minimum Gasteiger partial charge on any atom is -0.273 e. The van der Waals surface area contributed by atoms with E-state index >= 15 is 0 Å². The highest BCUT2D eigenvalue weighted by Crippen LogP contribution is 2.24. The fraction of sp³-hybridized carbons (Fsp3) is 0.375. The highest BCUT2D eigenvalue weighted by Gasteiger charge is 2.09. The van der Waals surface area contributed by atoms with Gasteiger partial charge in [-0.05, 0) is 12.5 Å². The zero-order valence-electron chi connectivity index (χ0n) is 8.18. The fourth-order valence-corrected chi connectivity index (χ4v) is 2.18. The molecule has 2 aromatic rings. The normalized spacial score (nSPS) is 11.1. The van der Waals surface area contributed by atoms with Crippen LogP contribution in [0.15, 0.2) is 16.4 Å². The van der Waals surface area contributed by atoms with Crippen molar-refractivity contribution in [1.29, 1.82) is 0 Å². The van der Waals surface area contributed by atoms with E-state index in [0.717, 1.165) is 21.2 Å². The molecule has 0 N–H and O–H groups in total. The number of nitrogens with zero attached hydrogens (tertiary/aromatic N) is 4. The molecule has 74 valence electrons. The van der Waals surface area contributed by atoms with Gasteiger partial charge in [0, 0.05) is 13.2 Å². The van der Waals surface area contributed by atoms with Gasteiger partial charge in [0.2, 0.25) is 0 Å². The van der Waals surface area contributed by atoms with Crippen molar-refractivity contribution < 1.29 is 0 Å². The summed E-state index contributed by atoms with van der Waals surface area (Å²) in [5.41, 5.74) is 0.774. The number of hydrogen-bond donors (Lipinski definition) is 0. The lowest BCUT2D eigenvalue weighted by Crippen LogP contribution is -1.90. The van der Waals surface area contributed by atoms with E-state index in [-0.39, 0.29) is 0 Å². The van der Waals surface area contributed by atoms with Crippen LogP contribution in [0.5, 0.6) is 0 Å². The van der Waals surface area contributed by atoms with Gasteiger partial charge in [-0.25, -0.2) is 9.97 Å². The Morgan fingerprint density at radius 2 is 2.00 bits per heavy atom. The molecule has 0 fully saturated rings. The summed E-state index contributed by atoms with van der Waals surface area (Å²) < 4.78 is 1.77. The standard InChI is InChI=1S/C8H10N4S2/c1-12-4-5-6(11-12)9-8(14-3)10-7(5)13-2/h4H,1-3H3. The molecule has 4 nitrogen and oxygen atoms in total. The first kappa shape index (κ1) is 9.79. The average Bonchev–Trinajstić information content (AvgIpc) is 2.56. The molecule has 0 saturated carbocycles. The Morgan fingerprint density at radius 1 is 1.21 bits per heavy atom. The molecule has 2 rings (SSSR count). The summed E-state index contributed by atoms with van der Waals surface area (Å²) in [6.45, 7) is 0. The molecule has 0 aromatic carbocycles. The van der Waals surface area contributed by atoms with Gasteiger partial charge in [-0.15, -0.1) is 11.8 Å². The van der Waals surface area contributed by atoms with Crippen molar-refractivity contribution in [2.24, 2.45) is 7.05 Å². The van der Waals surface area contributed by atoms with E-state index in [1.54, 1.807) is 16.4 Å². The van der Waals surface area contributed by atoms with E-state index < -0.39 is 0 Å². The second-order valence-electron chi connectivity index (χ2n) is 2.76.